The van der Waals surface area contributed by atoms with Crippen molar-refractivity contribution >= 4 is 0 Å². The maximum Gasteiger partial charge on any atom is 0.176 e. The van der Waals surface area contributed by atoms with Crippen molar-refractivity contribution in [3.05, 3.63) is 0 Å². The molecule has 9 heavy (non-hydrogen) atoms. The number of nitrogens with zero attached hydrogens (tertiary/aromatic N) is 1. The summed E-state index contributed by atoms with van der Waals surface area (Å²) in [6.45, 7) is 2.84. The zero-order valence-electron chi connectivity index (χ0n) is 5.94. The number of nitrogens with one attached hydrogen (secondary N) is 2. The Bertz CT molecular complexity index is 95.0. The smallest absolute Gasteiger partial charge is 0.176 e. The van der Waals surface area contributed by atoms with Crippen LogP contribution in [0, 0.1) is 11.5 Å². The zero-order valence-corrected chi connectivity index (χ0v) is 5.94. The molecule has 2 N–H and O–H groups in total. The molecular weight excluding hydrogens is 114 g/mol. The summed E-state index contributed by atoms with van der Waals surface area (Å²) in [6.07, 6.45) is 2.86. The van der Waals surface area contributed by atoms with E-state index in [1.54, 1.807) is 0 Å². The molecule has 0 aromatic rings. The molecule has 0 aromatic carbocycles. The zero-order chi connectivity index (χ0) is 7.11. The van der Waals surface area contributed by atoms with Gasteiger partial charge in [0.15, 0.2) is 6.19 Å². The van der Waals surface area contributed by atoms with Gasteiger partial charge in [0.2, 0.25) is 0 Å². The van der Waals surface area contributed by atoms with Gasteiger partial charge < -0.3 is 10.6 Å². The largest absolute Gasteiger partial charge is 0.324 e. The summed E-state index contributed by atoms with van der Waals surface area (Å²) in [5.41, 5.74) is 0. The minimum Gasteiger partial charge on any atom is -0.324 e. The van der Waals surface area contributed by atoms with Crippen molar-refractivity contribution in [2.24, 2.45) is 0 Å². The lowest BCUT2D eigenvalue weighted by Crippen LogP contribution is -2.25. The molecule has 0 amide bonds. The molecule has 0 aliphatic heterocycles. The first kappa shape index (κ1) is 8.25. The van der Waals surface area contributed by atoms with E-state index in [9.17, 15) is 0 Å². The van der Waals surface area contributed by atoms with Crippen LogP contribution < -0.4 is 10.6 Å². The van der Waals surface area contributed by atoms with E-state index in [-0.39, 0.29) is 0 Å². The Kier molecular flexibility index (Phi) is 4.94. The Balaban J connectivity index is 2.99. The molecule has 52 valence electrons. The van der Waals surface area contributed by atoms with Gasteiger partial charge in [0, 0.05) is 12.6 Å². The number of nitriles is 1. The average Bonchev–Trinajstić information content (AvgIpc) is 1.89. The van der Waals surface area contributed by atoms with Crippen molar-refractivity contribution in [1.29, 1.82) is 5.26 Å². The quantitative estimate of drug-likeness (QED) is 0.319. The maximum absolute atomic E-state index is 8.07. The van der Waals surface area contributed by atoms with Crippen molar-refractivity contribution in [3.8, 4) is 6.19 Å². The van der Waals surface area contributed by atoms with Crippen LogP contribution in [0.4, 0.5) is 0 Å². The Hall–Kier alpha value is -0.750. The highest BCUT2D eigenvalue weighted by atomic mass is 14.9. The Labute approximate surface area is 56.1 Å². The van der Waals surface area contributed by atoms with Crippen LogP contribution in [0.15, 0.2) is 0 Å². The Morgan fingerprint density at radius 1 is 1.67 bits per heavy atom. The van der Waals surface area contributed by atoms with Crippen molar-refractivity contribution in [1.82, 2.24) is 10.6 Å². The normalized spacial score (nSPS) is 12.1. The monoisotopic (exact) mass is 127 g/mol. The summed E-state index contributed by atoms with van der Waals surface area (Å²) < 4.78 is 0. The SMILES string of the molecule is CNC(C)CCNC#N. The third-order valence-corrected chi connectivity index (χ3v) is 1.27. The predicted molar refractivity (Wildman–Crippen MR) is 36.8 cm³/mol. The van der Waals surface area contributed by atoms with E-state index in [0.29, 0.717) is 6.04 Å². The molecule has 0 heterocycles. The number of rotatable bonds is 4. The van der Waals surface area contributed by atoms with E-state index in [0.717, 1.165) is 13.0 Å². The lowest BCUT2D eigenvalue weighted by atomic mass is 10.2. The number of hydrogen-bond acceptors (Lipinski definition) is 3. The second kappa shape index (κ2) is 5.39. The topological polar surface area (TPSA) is 47.8 Å². The van der Waals surface area contributed by atoms with Crippen molar-refractivity contribution < 1.29 is 0 Å². The van der Waals surface area contributed by atoms with E-state index in [4.69, 9.17) is 5.26 Å². The molecule has 0 fully saturated rings. The van der Waals surface area contributed by atoms with Crippen LogP contribution in [0.1, 0.15) is 13.3 Å². The van der Waals surface area contributed by atoms with Gasteiger partial charge in [0.25, 0.3) is 0 Å². The third-order valence-electron chi connectivity index (χ3n) is 1.27. The molecule has 0 aliphatic rings. The lowest BCUT2D eigenvalue weighted by Gasteiger charge is -2.07. The molecule has 0 saturated carbocycles. The third kappa shape index (κ3) is 5.12. The van der Waals surface area contributed by atoms with Gasteiger partial charge in [-0.15, -0.1) is 0 Å². The standard InChI is InChI=1S/C6H13N3/c1-6(8-2)3-4-9-5-7/h6,8-9H,3-4H2,1-2H3. The van der Waals surface area contributed by atoms with Crippen molar-refractivity contribution in [2.75, 3.05) is 13.6 Å². The molecule has 0 bridgehead atoms. The van der Waals surface area contributed by atoms with E-state index in [1.807, 2.05) is 13.2 Å². The molecule has 0 radical (unpaired) electrons. The molecule has 0 rings (SSSR count). The van der Waals surface area contributed by atoms with Gasteiger partial charge in [0.1, 0.15) is 0 Å². The highest BCUT2D eigenvalue weighted by Crippen LogP contribution is 1.84. The van der Waals surface area contributed by atoms with Crippen LogP contribution in [-0.2, 0) is 0 Å². The summed E-state index contributed by atoms with van der Waals surface area (Å²) in [7, 11) is 1.91. The first-order valence-electron chi connectivity index (χ1n) is 3.10. The van der Waals surface area contributed by atoms with E-state index in [2.05, 4.69) is 17.6 Å². The van der Waals surface area contributed by atoms with Crippen LogP contribution in [0.3, 0.4) is 0 Å². The van der Waals surface area contributed by atoms with E-state index < -0.39 is 0 Å². The van der Waals surface area contributed by atoms with Gasteiger partial charge in [0.05, 0.1) is 0 Å². The van der Waals surface area contributed by atoms with Gasteiger partial charge in [-0.3, -0.25) is 0 Å². The fraction of sp³-hybridized carbons (Fsp3) is 0.833. The van der Waals surface area contributed by atoms with Crippen molar-refractivity contribution in [2.45, 2.75) is 19.4 Å². The van der Waals surface area contributed by atoms with Crippen molar-refractivity contribution in [3.63, 3.8) is 0 Å². The fourth-order valence-electron chi connectivity index (χ4n) is 0.489. The van der Waals surface area contributed by atoms with Crippen LogP contribution >= 0.6 is 0 Å². The lowest BCUT2D eigenvalue weighted by molar-refractivity contribution is 0.556. The van der Waals surface area contributed by atoms with Gasteiger partial charge in [-0.1, -0.05) is 0 Å². The van der Waals surface area contributed by atoms with E-state index >= 15 is 0 Å². The maximum atomic E-state index is 8.07. The van der Waals surface area contributed by atoms with Gasteiger partial charge in [-0.25, -0.2) is 0 Å². The molecule has 1 atom stereocenters. The van der Waals surface area contributed by atoms with Crippen LogP contribution in [0.5, 0.6) is 0 Å². The summed E-state index contributed by atoms with van der Waals surface area (Å²) in [5, 5.41) is 13.7. The summed E-state index contributed by atoms with van der Waals surface area (Å²) >= 11 is 0. The summed E-state index contributed by atoms with van der Waals surface area (Å²) in [6, 6.07) is 0.492. The molecular formula is C6H13N3. The fourth-order valence-corrected chi connectivity index (χ4v) is 0.489. The van der Waals surface area contributed by atoms with E-state index in [1.165, 1.54) is 0 Å². The van der Waals surface area contributed by atoms with Gasteiger partial charge in [-0.05, 0) is 20.4 Å². The van der Waals surface area contributed by atoms with Crippen LogP contribution in [-0.4, -0.2) is 19.6 Å². The number of hydrogen-bond donors (Lipinski definition) is 2. The molecule has 0 spiro atoms. The second-order valence-corrected chi connectivity index (χ2v) is 2.02. The minimum absolute atomic E-state index is 0.492. The minimum atomic E-state index is 0.492. The highest BCUT2D eigenvalue weighted by Gasteiger charge is 1.94. The average molecular weight is 127 g/mol. The Morgan fingerprint density at radius 3 is 2.78 bits per heavy atom. The Morgan fingerprint density at radius 2 is 2.33 bits per heavy atom. The van der Waals surface area contributed by atoms with Crippen LogP contribution in [0.2, 0.25) is 0 Å². The first-order valence-corrected chi connectivity index (χ1v) is 3.10. The van der Waals surface area contributed by atoms with Crippen LogP contribution in [0.25, 0.3) is 0 Å². The molecule has 0 aromatic heterocycles. The summed E-state index contributed by atoms with van der Waals surface area (Å²) in [4.78, 5) is 0. The molecule has 1 unspecified atom stereocenters. The molecule has 0 saturated heterocycles. The van der Waals surface area contributed by atoms with Gasteiger partial charge >= 0.3 is 0 Å². The predicted octanol–water partition coefficient (Wildman–Crippen LogP) is 0.0551. The highest BCUT2D eigenvalue weighted by molar-refractivity contribution is 4.67. The van der Waals surface area contributed by atoms with Gasteiger partial charge in [-0.2, -0.15) is 5.26 Å². The summed E-state index contributed by atoms with van der Waals surface area (Å²) in [5.74, 6) is 0. The second-order valence-electron chi connectivity index (χ2n) is 2.02. The molecule has 0 aliphatic carbocycles. The molecule has 3 nitrogen and oxygen atoms in total. The molecule has 3 heteroatoms. The first-order chi connectivity index (χ1) is 4.31.